The van der Waals surface area contributed by atoms with Gasteiger partial charge in [0.15, 0.2) is 17.5 Å². The molecule has 1 saturated heterocycles. The van der Waals surface area contributed by atoms with Crippen molar-refractivity contribution in [3.8, 4) is 11.5 Å². The Hall–Kier alpha value is -1.52. The number of nitrogens with zero attached hydrogens (tertiary/aromatic N) is 2. The standard InChI is InChI=1S/C21H30N4O2S.HI/c1-22-21(23-14-16-8-6-9-18(26-2)20(16)27-3)24-15-17(19-10-7-13-28-19)25-11-4-5-12-25;/h6-10,13,17H,4-5,11-12,14-15H2,1-3H3,(H2,22,23,24);1H. The van der Waals surface area contributed by atoms with Crippen molar-refractivity contribution in [2.45, 2.75) is 25.4 Å². The zero-order valence-electron chi connectivity index (χ0n) is 17.3. The van der Waals surface area contributed by atoms with E-state index in [4.69, 9.17) is 9.47 Å². The number of likely N-dealkylation sites (tertiary alicyclic amines) is 1. The lowest BCUT2D eigenvalue weighted by atomic mass is 10.2. The van der Waals surface area contributed by atoms with Crippen LogP contribution < -0.4 is 20.1 Å². The number of para-hydroxylation sites is 1. The van der Waals surface area contributed by atoms with Crippen LogP contribution in [0.4, 0.5) is 0 Å². The molecule has 0 bridgehead atoms. The number of benzene rings is 1. The van der Waals surface area contributed by atoms with E-state index in [1.165, 1.54) is 17.7 Å². The van der Waals surface area contributed by atoms with Gasteiger partial charge in [-0.25, -0.2) is 0 Å². The van der Waals surface area contributed by atoms with Gasteiger partial charge in [-0.15, -0.1) is 35.3 Å². The molecule has 2 N–H and O–H groups in total. The van der Waals surface area contributed by atoms with Gasteiger partial charge in [-0.05, 0) is 43.4 Å². The number of halogens is 1. The molecule has 0 spiro atoms. The highest BCUT2D eigenvalue weighted by molar-refractivity contribution is 14.0. The highest BCUT2D eigenvalue weighted by atomic mass is 127. The molecule has 6 nitrogen and oxygen atoms in total. The molecular weight excluding hydrogens is 499 g/mol. The van der Waals surface area contributed by atoms with E-state index in [0.29, 0.717) is 12.6 Å². The quantitative estimate of drug-likeness (QED) is 0.308. The smallest absolute Gasteiger partial charge is 0.191 e. The van der Waals surface area contributed by atoms with Gasteiger partial charge < -0.3 is 20.1 Å². The normalized spacial score (nSPS) is 15.5. The first-order valence-electron chi connectivity index (χ1n) is 9.68. The van der Waals surface area contributed by atoms with Crippen LogP contribution in [-0.4, -0.2) is 51.8 Å². The Labute approximate surface area is 194 Å². The van der Waals surface area contributed by atoms with Crippen LogP contribution in [0.2, 0.25) is 0 Å². The molecule has 1 aromatic heterocycles. The van der Waals surface area contributed by atoms with Gasteiger partial charge in [0.1, 0.15) is 0 Å². The largest absolute Gasteiger partial charge is 0.493 e. The Kier molecular flexibility index (Phi) is 10.0. The third-order valence-corrected chi connectivity index (χ3v) is 6.04. The Bertz CT molecular complexity index is 764. The maximum absolute atomic E-state index is 5.52. The summed E-state index contributed by atoms with van der Waals surface area (Å²) in [7, 11) is 5.11. The minimum atomic E-state index is 0. The molecule has 160 valence electrons. The van der Waals surface area contributed by atoms with Gasteiger partial charge in [0.05, 0.1) is 20.3 Å². The van der Waals surface area contributed by atoms with Crippen LogP contribution in [0, 0.1) is 0 Å². The summed E-state index contributed by atoms with van der Waals surface area (Å²) in [5, 5.41) is 9.05. The molecule has 29 heavy (non-hydrogen) atoms. The number of guanidine groups is 1. The highest BCUT2D eigenvalue weighted by Crippen LogP contribution is 2.30. The lowest BCUT2D eigenvalue weighted by molar-refractivity contribution is 0.249. The fraction of sp³-hybridized carbons (Fsp3) is 0.476. The van der Waals surface area contributed by atoms with E-state index < -0.39 is 0 Å². The molecule has 1 aliphatic heterocycles. The molecule has 1 aliphatic rings. The average molecular weight is 530 g/mol. The number of aliphatic imine (C=N–C) groups is 1. The van der Waals surface area contributed by atoms with Gasteiger partial charge in [-0.2, -0.15) is 0 Å². The summed E-state index contributed by atoms with van der Waals surface area (Å²) in [5.41, 5.74) is 1.03. The summed E-state index contributed by atoms with van der Waals surface area (Å²) in [6.45, 7) is 3.76. The zero-order chi connectivity index (χ0) is 19.8. The minimum Gasteiger partial charge on any atom is -0.493 e. The summed E-state index contributed by atoms with van der Waals surface area (Å²) >= 11 is 1.82. The van der Waals surface area contributed by atoms with Crippen LogP contribution in [-0.2, 0) is 6.54 Å². The van der Waals surface area contributed by atoms with E-state index in [1.807, 2.05) is 29.5 Å². The number of hydrogen-bond donors (Lipinski definition) is 2. The maximum atomic E-state index is 5.52. The van der Waals surface area contributed by atoms with E-state index in [1.54, 1.807) is 21.3 Å². The van der Waals surface area contributed by atoms with Crippen molar-refractivity contribution in [1.82, 2.24) is 15.5 Å². The van der Waals surface area contributed by atoms with Crippen LogP contribution in [0.25, 0.3) is 0 Å². The number of ether oxygens (including phenoxy) is 2. The molecule has 2 heterocycles. The van der Waals surface area contributed by atoms with E-state index in [0.717, 1.165) is 42.7 Å². The molecule has 8 heteroatoms. The predicted octanol–water partition coefficient (Wildman–Crippen LogP) is 3.89. The minimum absolute atomic E-state index is 0. The second-order valence-corrected chi connectivity index (χ2v) is 7.71. The molecule has 0 aliphatic carbocycles. The van der Waals surface area contributed by atoms with E-state index in [9.17, 15) is 0 Å². The van der Waals surface area contributed by atoms with Gasteiger partial charge in [-0.3, -0.25) is 9.89 Å². The lowest BCUT2D eigenvalue weighted by Gasteiger charge is -2.27. The first-order chi connectivity index (χ1) is 13.8. The molecule has 1 atom stereocenters. The third-order valence-electron chi connectivity index (χ3n) is 5.07. The molecule has 0 saturated carbocycles. The summed E-state index contributed by atoms with van der Waals surface area (Å²) in [4.78, 5) is 8.36. The molecule has 2 aromatic rings. The van der Waals surface area contributed by atoms with Gasteiger partial charge in [0, 0.05) is 30.6 Å². The van der Waals surface area contributed by atoms with E-state index in [2.05, 4.69) is 38.0 Å². The van der Waals surface area contributed by atoms with Crippen molar-refractivity contribution in [2.75, 3.05) is 40.9 Å². The monoisotopic (exact) mass is 530 g/mol. The summed E-state index contributed by atoms with van der Waals surface area (Å²) < 4.78 is 10.9. The van der Waals surface area contributed by atoms with Crippen molar-refractivity contribution < 1.29 is 9.47 Å². The molecule has 0 amide bonds. The van der Waals surface area contributed by atoms with Crippen molar-refractivity contribution >= 4 is 41.3 Å². The number of rotatable bonds is 8. The Balaban J connectivity index is 0.00000300. The summed E-state index contributed by atoms with van der Waals surface area (Å²) in [6, 6.07) is 10.6. The van der Waals surface area contributed by atoms with Gasteiger partial charge >= 0.3 is 0 Å². The van der Waals surface area contributed by atoms with E-state index >= 15 is 0 Å². The molecule has 3 rings (SSSR count). The zero-order valence-corrected chi connectivity index (χ0v) is 20.5. The fourth-order valence-corrected chi connectivity index (χ4v) is 4.49. The van der Waals surface area contributed by atoms with Crippen LogP contribution in [0.1, 0.15) is 29.3 Å². The van der Waals surface area contributed by atoms with Crippen LogP contribution in [0.5, 0.6) is 11.5 Å². The number of nitrogens with one attached hydrogen (secondary N) is 2. The average Bonchev–Trinajstić information content (AvgIpc) is 3.44. The second kappa shape index (κ2) is 12.2. The predicted molar refractivity (Wildman–Crippen MR) is 131 cm³/mol. The van der Waals surface area contributed by atoms with Crippen LogP contribution >= 0.6 is 35.3 Å². The third kappa shape index (κ3) is 6.23. The molecule has 0 radical (unpaired) electrons. The molecular formula is C21H31IN4O2S. The topological polar surface area (TPSA) is 58.1 Å². The lowest BCUT2D eigenvalue weighted by Crippen LogP contribution is -2.42. The highest BCUT2D eigenvalue weighted by Gasteiger charge is 2.24. The Morgan fingerprint density at radius 3 is 2.55 bits per heavy atom. The molecule has 1 unspecified atom stereocenters. The van der Waals surface area contributed by atoms with Crippen molar-refractivity contribution in [3.63, 3.8) is 0 Å². The van der Waals surface area contributed by atoms with Crippen LogP contribution in [0.3, 0.4) is 0 Å². The number of hydrogen-bond acceptors (Lipinski definition) is 5. The fourth-order valence-electron chi connectivity index (χ4n) is 3.63. The first kappa shape index (κ1) is 23.8. The van der Waals surface area contributed by atoms with Crippen molar-refractivity contribution in [2.24, 2.45) is 4.99 Å². The summed E-state index contributed by atoms with van der Waals surface area (Å²) in [6.07, 6.45) is 2.56. The first-order valence-corrected chi connectivity index (χ1v) is 10.6. The van der Waals surface area contributed by atoms with Crippen molar-refractivity contribution in [3.05, 3.63) is 46.2 Å². The van der Waals surface area contributed by atoms with Gasteiger partial charge in [-0.1, -0.05) is 18.2 Å². The van der Waals surface area contributed by atoms with Gasteiger partial charge in [0.25, 0.3) is 0 Å². The van der Waals surface area contributed by atoms with E-state index in [-0.39, 0.29) is 24.0 Å². The maximum Gasteiger partial charge on any atom is 0.191 e. The number of thiophene rings is 1. The number of methoxy groups -OCH3 is 2. The van der Waals surface area contributed by atoms with Crippen molar-refractivity contribution in [1.29, 1.82) is 0 Å². The molecule has 1 fully saturated rings. The summed E-state index contributed by atoms with van der Waals surface area (Å²) in [5.74, 6) is 2.27. The second-order valence-electron chi connectivity index (χ2n) is 6.73. The van der Waals surface area contributed by atoms with Crippen LogP contribution in [0.15, 0.2) is 40.7 Å². The Morgan fingerprint density at radius 1 is 1.14 bits per heavy atom. The van der Waals surface area contributed by atoms with Gasteiger partial charge in [0.2, 0.25) is 0 Å². The molecule has 1 aromatic carbocycles. The Morgan fingerprint density at radius 2 is 1.93 bits per heavy atom. The SMILES string of the molecule is CN=C(NCc1cccc(OC)c1OC)NCC(c1cccs1)N1CCCC1.I.